The fourth-order valence-electron chi connectivity index (χ4n) is 2.21. The number of rotatable bonds is 9. The summed E-state index contributed by atoms with van der Waals surface area (Å²) in [6, 6.07) is 4.94. The van der Waals surface area contributed by atoms with E-state index in [2.05, 4.69) is 10.3 Å². The van der Waals surface area contributed by atoms with Crippen LogP contribution in [0.25, 0.3) is 0 Å². The Morgan fingerprint density at radius 1 is 1.27 bits per heavy atom. The van der Waals surface area contributed by atoms with Crippen molar-refractivity contribution in [2.24, 2.45) is 0 Å². The van der Waals surface area contributed by atoms with Crippen LogP contribution in [0.2, 0.25) is 0 Å². The van der Waals surface area contributed by atoms with Crippen LogP contribution in [0, 0.1) is 5.82 Å². The van der Waals surface area contributed by atoms with Gasteiger partial charge in [-0.3, -0.25) is 4.79 Å². The second-order valence-electron chi connectivity index (χ2n) is 5.78. The van der Waals surface area contributed by atoms with Gasteiger partial charge in [0.05, 0.1) is 12.0 Å². The normalized spacial score (nSPS) is 11.5. The van der Waals surface area contributed by atoms with Crippen LogP contribution in [0.1, 0.15) is 6.42 Å². The van der Waals surface area contributed by atoms with Crippen LogP contribution in [-0.2, 0) is 21.5 Å². The molecule has 142 valence electrons. The molecule has 1 heterocycles. The first-order chi connectivity index (χ1) is 12.3. The van der Waals surface area contributed by atoms with Crippen LogP contribution in [-0.4, -0.2) is 55.4 Å². The standard InChI is InChI=1S/C16H22FN5O3S/c1-20(2)26(24,25)22(15-6-4-14(17)5-7-15)12-16(23)19-8-3-10-21-11-9-18-13-21/h4-7,9,11,13H,3,8,10,12H2,1-2H3,(H,19,23). The van der Waals surface area contributed by atoms with E-state index in [-0.39, 0.29) is 5.69 Å². The molecule has 0 fully saturated rings. The van der Waals surface area contributed by atoms with E-state index in [0.717, 1.165) is 20.7 Å². The van der Waals surface area contributed by atoms with Crippen LogP contribution in [0.15, 0.2) is 43.0 Å². The topological polar surface area (TPSA) is 87.5 Å². The predicted molar refractivity (Wildman–Crippen MR) is 96.2 cm³/mol. The van der Waals surface area contributed by atoms with Crippen LogP contribution in [0.5, 0.6) is 0 Å². The number of anilines is 1. The minimum atomic E-state index is -3.90. The van der Waals surface area contributed by atoms with E-state index in [1.54, 1.807) is 12.5 Å². The maximum Gasteiger partial charge on any atom is 0.304 e. The van der Waals surface area contributed by atoms with Gasteiger partial charge in [0.25, 0.3) is 0 Å². The van der Waals surface area contributed by atoms with Crippen molar-refractivity contribution in [3.05, 3.63) is 48.8 Å². The van der Waals surface area contributed by atoms with Crippen molar-refractivity contribution in [2.45, 2.75) is 13.0 Å². The van der Waals surface area contributed by atoms with Gasteiger partial charge in [-0.2, -0.15) is 12.7 Å². The number of hydrogen-bond donors (Lipinski definition) is 1. The Morgan fingerprint density at radius 3 is 2.54 bits per heavy atom. The third-order valence-electron chi connectivity index (χ3n) is 3.62. The lowest BCUT2D eigenvalue weighted by molar-refractivity contribution is -0.119. The maximum atomic E-state index is 13.1. The van der Waals surface area contributed by atoms with Crippen LogP contribution >= 0.6 is 0 Å². The molecule has 0 aliphatic carbocycles. The van der Waals surface area contributed by atoms with Crippen LogP contribution in [0.4, 0.5) is 10.1 Å². The lowest BCUT2D eigenvalue weighted by atomic mass is 10.3. The first kappa shape index (κ1) is 19.9. The number of aryl methyl sites for hydroxylation is 1. The van der Waals surface area contributed by atoms with Gasteiger partial charge in [-0.15, -0.1) is 0 Å². The number of benzene rings is 1. The monoisotopic (exact) mass is 383 g/mol. The van der Waals surface area contributed by atoms with Crippen molar-refractivity contribution in [3.8, 4) is 0 Å². The number of imidazole rings is 1. The summed E-state index contributed by atoms with van der Waals surface area (Å²) in [6.07, 6.45) is 5.85. The molecule has 2 rings (SSSR count). The second-order valence-corrected chi connectivity index (χ2v) is 7.84. The SMILES string of the molecule is CN(C)S(=O)(=O)N(CC(=O)NCCCn1ccnc1)c1ccc(F)cc1. The summed E-state index contributed by atoms with van der Waals surface area (Å²) in [5.41, 5.74) is 0.216. The number of nitrogens with zero attached hydrogens (tertiary/aromatic N) is 4. The highest BCUT2D eigenvalue weighted by Crippen LogP contribution is 2.19. The van der Waals surface area contributed by atoms with E-state index in [1.165, 1.54) is 26.2 Å². The molecule has 8 nitrogen and oxygen atoms in total. The van der Waals surface area contributed by atoms with E-state index in [4.69, 9.17) is 0 Å². The molecule has 10 heteroatoms. The molecular weight excluding hydrogens is 361 g/mol. The molecule has 0 aliphatic heterocycles. The molecule has 0 atom stereocenters. The van der Waals surface area contributed by atoms with Gasteiger partial charge in [0.15, 0.2) is 0 Å². The zero-order valence-electron chi connectivity index (χ0n) is 14.7. The van der Waals surface area contributed by atoms with Crippen molar-refractivity contribution in [3.63, 3.8) is 0 Å². The van der Waals surface area contributed by atoms with Crippen molar-refractivity contribution < 1.29 is 17.6 Å². The number of amides is 1. The minimum Gasteiger partial charge on any atom is -0.354 e. The zero-order valence-corrected chi connectivity index (χ0v) is 15.5. The largest absolute Gasteiger partial charge is 0.354 e. The Hall–Kier alpha value is -2.46. The second kappa shape index (κ2) is 8.77. The fourth-order valence-corrected chi connectivity index (χ4v) is 3.27. The highest BCUT2D eigenvalue weighted by molar-refractivity contribution is 7.90. The van der Waals surface area contributed by atoms with Crippen LogP contribution in [0.3, 0.4) is 0 Å². The molecule has 0 unspecified atom stereocenters. The Morgan fingerprint density at radius 2 is 1.96 bits per heavy atom. The Labute approximate surface area is 152 Å². The van der Waals surface area contributed by atoms with Crippen molar-refractivity contribution in [1.82, 2.24) is 19.2 Å². The summed E-state index contributed by atoms with van der Waals surface area (Å²) in [4.78, 5) is 16.1. The summed E-state index contributed by atoms with van der Waals surface area (Å²) >= 11 is 0. The van der Waals surface area contributed by atoms with Crippen molar-refractivity contribution >= 4 is 21.8 Å². The van der Waals surface area contributed by atoms with E-state index < -0.39 is 28.5 Å². The molecule has 0 radical (unpaired) electrons. The number of carbonyl (C=O) groups is 1. The van der Waals surface area contributed by atoms with Gasteiger partial charge < -0.3 is 9.88 Å². The Kier molecular flexibility index (Phi) is 6.70. The summed E-state index contributed by atoms with van der Waals surface area (Å²) < 4.78 is 42.0. The van der Waals surface area contributed by atoms with E-state index in [1.807, 2.05) is 10.8 Å². The van der Waals surface area contributed by atoms with Crippen molar-refractivity contribution in [1.29, 1.82) is 0 Å². The van der Waals surface area contributed by atoms with Gasteiger partial charge in [0, 0.05) is 39.6 Å². The van der Waals surface area contributed by atoms with Gasteiger partial charge >= 0.3 is 10.2 Å². The molecule has 26 heavy (non-hydrogen) atoms. The quantitative estimate of drug-likeness (QED) is 0.650. The summed E-state index contributed by atoms with van der Waals surface area (Å²) in [7, 11) is -1.16. The number of aromatic nitrogens is 2. The number of halogens is 1. The van der Waals surface area contributed by atoms with Gasteiger partial charge in [-0.1, -0.05) is 0 Å². The van der Waals surface area contributed by atoms with Gasteiger partial charge in [-0.25, -0.2) is 13.7 Å². The van der Waals surface area contributed by atoms with Crippen molar-refractivity contribution in [2.75, 3.05) is 31.5 Å². The third kappa shape index (κ3) is 5.27. The van der Waals surface area contributed by atoms with Gasteiger partial charge in [0.1, 0.15) is 12.4 Å². The van der Waals surface area contributed by atoms with E-state index in [0.29, 0.717) is 19.5 Å². The predicted octanol–water partition coefficient (Wildman–Crippen LogP) is 0.842. The number of hydrogen-bond acceptors (Lipinski definition) is 4. The fraction of sp³-hybridized carbons (Fsp3) is 0.375. The average Bonchev–Trinajstić information content (AvgIpc) is 3.11. The third-order valence-corrected chi connectivity index (χ3v) is 5.44. The van der Waals surface area contributed by atoms with Gasteiger partial charge in [0.2, 0.25) is 5.91 Å². The zero-order chi connectivity index (χ0) is 19.2. The lowest BCUT2D eigenvalue weighted by Crippen LogP contribution is -2.46. The molecular formula is C16H22FN5O3S. The molecule has 1 aromatic heterocycles. The first-order valence-electron chi connectivity index (χ1n) is 7.99. The average molecular weight is 383 g/mol. The lowest BCUT2D eigenvalue weighted by Gasteiger charge is -2.26. The minimum absolute atomic E-state index is 0.216. The van der Waals surface area contributed by atoms with Gasteiger partial charge in [-0.05, 0) is 30.7 Å². The number of carbonyl (C=O) groups excluding carboxylic acids is 1. The molecule has 0 bridgehead atoms. The summed E-state index contributed by atoms with van der Waals surface area (Å²) in [5, 5.41) is 2.70. The Balaban J connectivity index is 1.99. The first-order valence-corrected chi connectivity index (χ1v) is 9.38. The molecule has 1 N–H and O–H groups in total. The molecule has 0 spiro atoms. The highest BCUT2D eigenvalue weighted by Gasteiger charge is 2.27. The number of nitrogens with one attached hydrogen (secondary N) is 1. The smallest absolute Gasteiger partial charge is 0.304 e. The Bertz CT molecular complexity index is 807. The molecule has 0 saturated heterocycles. The van der Waals surface area contributed by atoms with E-state index >= 15 is 0 Å². The summed E-state index contributed by atoms with van der Waals surface area (Å²) in [6.45, 7) is 0.700. The summed E-state index contributed by atoms with van der Waals surface area (Å²) in [5.74, 6) is -0.926. The molecule has 2 aromatic rings. The maximum absolute atomic E-state index is 13.1. The van der Waals surface area contributed by atoms with E-state index in [9.17, 15) is 17.6 Å². The molecule has 0 aliphatic rings. The molecule has 0 saturated carbocycles. The highest BCUT2D eigenvalue weighted by atomic mass is 32.2. The van der Waals surface area contributed by atoms with Crippen LogP contribution < -0.4 is 9.62 Å². The molecule has 1 amide bonds. The molecule has 1 aromatic carbocycles.